The molecule has 0 atom stereocenters. The van der Waals surface area contributed by atoms with Crippen molar-refractivity contribution in [1.82, 2.24) is 25.1 Å². The minimum Gasteiger partial charge on any atom is -0.306 e. The maximum atomic E-state index is 4.73. The molecule has 2 aromatic rings. The van der Waals surface area contributed by atoms with E-state index in [1.807, 2.05) is 30.1 Å². The number of aromatic nitrogens is 4. The molecule has 0 aliphatic carbocycles. The summed E-state index contributed by atoms with van der Waals surface area (Å²) in [5.74, 6) is 1.18. The van der Waals surface area contributed by atoms with Crippen molar-refractivity contribution in [2.75, 3.05) is 0 Å². The Hall–Kier alpha value is -1.75. The highest BCUT2D eigenvalue weighted by molar-refractivity contribution is 5.34. The van der Waals surface area contributed by atoms with E-state index in [0.717, 1.165) is 22.9 Å². The SMILES string of the molecule is Cc1ccn(-c2cnc(C(C)C)nc2CNC(C)(C)C)n1. The Morgan fingerprint density at radius 3 is 2.52 bits per heavy atom. The molecular weight excluding hydrogens is 262 g/mol. The molecule has 0 amide bonds. The van der Waals surface area contributed by atoms with Crippen LogP contribution in [-0.4, -0.2) is 25.3 Å². The molecule has 5 heteroatoms. The first-order valence-electron chi connectivity index (χ1n) is 7.40. The quantitative estimate of drug-likeness (QED) is 0.939. The number of rotatable bonds is 4. The van der Waals surface area contributed by atoms with Gasteiger partial charge in [0.25, 0.3) is 0 Å². The Balaban J connectivity index is 2.39. The summed E-state index contributed by atoms with van der Waals surface area (Å²) in [4.78, 5) is 9.20. The third kappa shape index (κ3) is 4.11. The average molecular weight is 287 g/mol. The zero-order valence-corrected chi connectivity index (χ0v) is 13.8. The average Bonchev–Trinajstić information content (AvgIpc) is 2.81. The second kappa shape index (κ2) is 5.93. The molecule has 114 valence electrons. The van der Waals surface area contributed by atoms with E-state index in [1.165, 1.54) is 0 Å². The third-order valence-corrected chi connectivity index (χ3v) is 3.14. The van der Waals surface area contributed by atoms with Crippen LogP contribution in [0, 0.1) is 6.92 Å². The van der Waals surface area contributed by atoms with Crippen molar-refractivity contribution in [1.29, 1.82) is 0 Å². The van der Waals surface area contributed by atoms with Crippen molar-refractivity contribution < 1.29 is 0 Å². The van der Waals surface area contributed by atoms with Crippen molar-refractivity contribution >= 4 is 0 Å². The summed E-state index contributed by atoms with van der Waals surface area (Å²) < 4.78 is 1.85. The predicted octanol–water partition coefficient (Wildman–Crippen LogP) is 2.98. The number of nitrogens with one attached hydrogen (secondary N) is 1. The first-order valence-corrected chi connectivity index (χ1v) is 7.40. The van der Waals surface area contributed by atoms with E-state index in [1.54, 1.807) is 0 Å². The molecule has 2 heterocycles. The fourth-order valence-corrected chi connectivity index (χ4v) is 1.92. The normalized spacial score (nSPS) is 12.1. The van der Waals surface area contributed by atoms with Gasteiger partial charge in [-0.2, -0.15) is 5.10 Å². The molecule has 1 N–H and O–H groups in total. The Morgan fingerprint density at radius 1 is 1.29 bits per heavy atom. The molecule has 0 aromatic carbocycles. The summed E-state index contributed by atoms with van der Waals surface area (Å²) in [6, 6.07) is 1.98. The number of nitrogens with zero attached hydrogens (tertiary/aromatic N) is 4. The number of hydrogen-bond acceptors (Lipinski definition) is 4. The zero-order valence-electron chi connectivity index (χ0n) is 13.8. The van der Waals surface area contributed by atoms with E-state index >= 15 is 0 Å². The molecule has 2 aromatic heterocycles. The van der Waals surface area contributed by atoms with Gasteiger partial charge in [-0.3, -0.25) is 0 Å². The Kier molecular flexibility index (Phi) is 4.42. The molecule has 0 radical (unpaired) electrons. The molecule has 0 saturated heterocycles. The molecule has 0 saturated carbocycles. The molecule has 0 spiro atoms. The van der Waals surface area contributed by atoms with Crippen LogP contribution in [0.4, 0.5) is 0 Å². The monoisotopic (exact) mass is 287 g/mol. The molecule has 0 bridgehead atoms. The third-order valence-electron chi connectivity index (χ3n) is 3.14. The van der Waals surface area contributed by atoms with E-state index in [2.05, 4.69) is 50.0 Å². The zero-order chi connectivity index (χ0) is 15.6. The van der Waals surface area contributed by atoms with Gasteiger partial charge in [0, 0.05) is 24.2 Å². The van der Waals surface area contributed by atoms with Crippen LogP contribution in [0.1, 0.15) is 57.7 Å². The minimum atomic E-state index is 0.0419. The number of aryl methyl sites for hydroxylation is 1. The van der Waals surface area contributed by atoms with Gasteiger partial charge in [-0.05, 0) is 33.8 Å². The van der Waals surface area contributed by atoms with Crippen LogP contribution < -0.4 is 5.32 Å². The summed E-state index contributed by atoms with van der Waals surface area (Å²) in [5, 5.41) is 7.96. The smallest absolute Gasteiger partial charge is 0.131 e. The van der Waals surface area contributed by atoms with E-state index in [0.29, 0.717) is 12.5 Å². The highest BCUT2D eigenvalue weighted by Gasteiger charge is 2.15. The predicted molar refractivity (Wildman–Crippen MR) is 84.6 cm³/mol. The first kappa shape index (κ1) is 15.6. The second-order valence-electron chi connectivity index (χ2n) is 6.72. The van der Waals surface area contributed by atoms with Crippen molar-refractivity contribution in [3.05, 3.63) is 35.7 Å². The van der Waals surface area contributed by atoms with Crippen LogP contribution in [0.15, 0.2) is 18.5 Å². The standard InChI is InChI=1S/C16H25N5/c1-11(2)15-17-10-14(21-8-7-12(3)20-21)13(19-15)9-18-16(4,5)6/h7-8,10-11,18H,9H2,1-6H3. The van der Waals surface area contributed by atoms with Gasteiger partial charge in [0.15, 0.2) is 0 Å². The molecule has 2 rings (SSSR count). The first-order chi connectivity index (χ1) is 9.76. The lowest BCUT2D eigenvalue weighted by Gasteiger charge is -2.21. The fourth-order valence-electron chi connectivity index (χ4n) is 1.92. The summed E-state index contributed by atoms with van der Waals surface area (Å²) in [6.07, 6.45) is 3.82. The Labute approximate surface area is 126 Å². The molecule has 21 heavy (non-hydrogen) atoms. The van der Waals surface area contributed by atoms with Gasteiger partial charge in [0.05, 0.1) is 17.6 Å². The van der Waals surface area contributed by atoms with E-state index in [-0.39, 0.29) is 5.54 Å². The van der Waals surface area contributed by atoms with E-state index < -0.39 is 0 Å². The maximum Gasteiger partial charge on any atom is 0.131 e. The maximum absolute atomic E-state index is 4.73. The minimum absolute atomic E-state index is 0.0419. The van der Waals surface area contributed by atoms with Gasteiger partial charge in [0.2, 0.25) is 0 Å². The summed E-state index contributed by atoms with van der Waals surface area (Å²) in [7, 11) is 0. The Bertz CT molecular complexity index is 607. The van der Waals surface area contributed by atoms with Crippen LogP contribution in [0.2, 0.25) is 0 Å². The molecule has 5 nitrogen and oxygen atoms in total. The second-order valence-corrected chi connectivity index (χ2v) is 6.72. The van der Waals surface area contributed by atoms with Crippen molar-refractivity contribution in [2.45, 2.75) is 59.5 Å². The van der Waals surface area contributed by atoms with Gasteiger partial charge in [-0.25, -0.2) is 14.6 Å². The van der Waals surface area contributed by atoms with Crippen LogP contribution in [0.25, 0.3) is 5.69 Å². The van der Waals surface area contributed by atoms with E-state index in [4.69, 9.17) is 4.98 Å². The van der Waals surface area contributed by atoms with Crippen LogP contribution >= 0.6 is 0 Å². The van der Waals surface area contributed by atoms with Crippen molar-refractivity contribution in [3.8, 4) is 5.69 Å². The van der Waals surface area contributed by atoms with Crippen molar-refractivity contribution in [2.24, 2.45) is 0 Å². The lowest BCUT2D eigenvalue weighted by Crippen LogP contribution is -2.35. The van der Waals surface area contributed by atoms with Crippen molar-refractivity contribution in [3.63, 3.8) is 0 Å². The highest BCUT2D eigenvalue weighted by atomic mass is 15.3. The largest absolute Gasteiger partial charge is 0.306 e. The van der Waals surface area contributed by atoms with Gasteiger partial charge < -0.3 is 5.32 Å². The van der Waals surface area contributed by atoms with Crippen LogP contribution in [-0.2, 0) is 6.54 Å². The molecule has 0 fully saturated rings. The number of hydrogen-bond donors (Lipinski definition) is 1. The Morgan fingerprint density at radius 2 is 2.00 bits per heavy atom. The van der Waals surface area contributed by atoms with Gasteiger partial charge >= 0.3 is 0 Å². The van der Waals surface area contributed by atoms with Gasteiger partial charge in [-0.15, -0.1) is 0 Å². The van der Waals surface area contributed by atoms with E-state index in [9.17, 15) is 0 Å². The molecule has 0 aliphatic rings. The lowest BCUT2D eigenvalue weighted by molar-refractivity contribution is 0.419. The fraction of sp³-hybridized carbons (Fsp3) is 0.562. The topological polar surface area (TPSA) is 55.6 Å². The molecular formula is C16H25N5. The summed E-state index contributed by atoms with van der Waals surface area (Å²) in [5.41, 5.74) is 2.94. The highest BCUT2D eigenvalue weighted by Crippen LogP contribution is 2.16. The van der Waals surface area contributed by atoms with Crippen LogP contribution in [0.3, 0.4) is 0 Å². The van der Waals surface area contributed by atoms with Gasteiger partial charge in [-0.1, -0.05) is 13.8 Å². The lowest BCUT2D eigenvalue weighted by atomic mass is 10.1. The summed E-state index contributed by atoms with van der Waals surface area (Å²) in [6.45, 7) is 13.3. The molecule has 0 aliphatic heterocycles. The molecule has 0 unspecified atom stereocenters. The van der Waals surface area contributed by atoms with Crippen LogP contribution in [0.5, 0.6) is 0 Å². The van der Waals surface area contributed by atoms with Gasteiger partial charge in [0.1, 0.15) is 11.5 Å². The summed E-state index contributed by atoms with van der Waals surface area (Å²) >= 11 is 0.